The van der Waals surface area contributed by atoms with E-state index in [0.717, 1.165) is 10.9 Å². The third-order valence-corrected chi connectivity index (χ3v) is 3.40. The van der Waals surface area contributed by atoms with Crippen LogP contribution in [0.3, 0.4) is 0 Å². The van der Waals surface area contributed by atoms with Gasteiger partial charge in [-0.3, -0.25) is 0 Å². The summed E-state index contributed by atoms with van der Waals surface area (Å²) >= 11 is 0. The van der Waals surface area contributed by atoms with Crippen LogP contribution < -0.4 is 11.4 Å². The smallest absolute Gasteiger partial charge is 0.336 e. The highest BCUT2D eigenvalue weighted by Crippen LogP contribution is 2.36. The van der Waals surface area contributed by atoms with E-state index in [4.69, 9.17) is 10.2 Å². The van der Waals surface area contributed by atoms with E-state index in [1.54, 1.807) is 19.1 Å². The highest BCUT2D eigenvalue weighted by Gasteiger charge is 2.16. The maximum atomic E-state index is 11.5. The number of hydrogen-bond acceptors (Lipinski definition) is 6. The van der Waals surface area contributed by atoms with Crippen LogP contribution in [0.4, 0.5) is 5.95 Å². The average Bonchev–Trinajstić information content (AvgIpc) is 2.43. The first kappa shape index (κ1) is 13.1. The third-order valence-electron chi connectivity index (χ3n) is 3.40. The lowest BCUT2D eigenvalue weighted by atomic mass is 10.0. The number of phenols is 1. The van der Waals surface area contributed by atoms with Gasteiger partial charge < -0.3 is 15.3 Å². The van der Waals surface area contributed by atoms with Crippen LogP contribution in [0, 0.1) is 13.8 Å². The summed E-state index contributed by atoms with van der Waals surface area (Å²) in [7, 11) is 0. The quantitative estimate of drug-likeness (QED) is 0.663. The molecule has 0 unspecified atom stereocenters. The van der Waals surface area contributed by atoms with E-state index in [0.29, 0.717) is 22.4 Å². The van der Waals surface area contributed by atoms with Crippen LogP contribution in [-0.2, 0) is 0 Å². The minimum atomic E-state index is -0.443. The Labute approximate surface area is 119 Å². The van der Waals surface area contributed by atoms with E-state index in [9.17, 15) is 9.90 Å². The van der Waals surface area contributed by atoms with E-state index in [1.807, 2.05) is 6.92 Å². The maximum Gasteiger partial charge on any atom is 0.336 e. The van der Waals surface area contributed by atoms with Crippen LogP contribution >= 0.6 is 0 Å². The summed E-state index contributed by atoms with van der Waals surface area (Å²) < 4.78 is 5.20. The van der Waals surface area contributed by atoms with Crippen molar-refractivity contribution >= 4 is 16.9 Å². The summed E-state index contributed by atoms with van der Waals surface area (Å²) in [6.07, 6.45) is 1.52. The van der Waals surface area contributed by atoms with Gasteiger partial charge in [0.25, 0.3) is 0 Å². The monoisotopic (exact) mass is 283 g/mol. The molecular formula is C15H13N3O3. The molecule has 0 aliphatic carbocycles. The molecule has 21 heavy (non-hydrogen) atoms. The Bertz CT molecular complexity index is 916. The predicted octanol–water partition coefficient (Wildman–Crippen LogP) is 2.15. The number of aromatic hydroxyl groups is 1. The normalized spacial score (nSPS) is 11.0. The van der Waals surface area contributed by atoms with Gasteiger partial charge in [-0.2, -0.15) is 0 Å². The lowest BCUT2D eigenvalue weighted by Gasteiger charge is -2.11. The molecule has 0 bridgehead atoms. The molecule has 6 nitrogen and oxygen atoms in total. The van der Waals surface area contributed by atoms with E-state index in [-0.39, 0.29) is 11.7 Å². The third kappa shape index (κ3) is 2.10. The van der Waals surface area contributed by atoms with E-state index in [1.165, 1.54) is 12.3 Å². The van der Waals surface area contributed by atoms with Gasteiger partial charge in [0.2, 0.25) is 5.95 Å². The Morgan fingerprint density at radius 2 is 2.05 bits per heavy atom. The van der Waals surface area contributed by atoms with Crippen molar-refractivity contribution in [3.8, 4) is 17.0 Å². The second kappa shape index (κ2) is 4.59. The molecule has 0 spiro atoms. The number of nitrogen functional groups attached to an aromatic ring is 1. The molecule has 6 heteroatoms. The number of rotatable bonds is 1. The molecule has 3 aromatic rings. The summed E-state index contributed by atoms with van der Waals surface area (Å²) in [5, 5.41) is 11.1. The first-order chi connectivity index (χ1) is 9.97. The highest BCUT2D eigenvalue weighted by atomic mass is 16.4. The van der Waals surface area contributed by atoms with Gasteiger partial charge >= 0.3 is 5.63 Å². The van der Waals surface area contributed by atoms with Crippen molar-refractivity contribution in [2.24, 2.45) is 0 Å². The summed E-state index contributed by atoms with van der Waals surface area (Å²) in [6.45, 7) is 3.50. The van der Waals surface area contributed by atoms with E-state index >= 15 is 0 Å². The van der Waals surface area contributed by atoms with Crippen molar-refractivity contribution in [3.05, 3.63) is 45.9 Å². The summed E-state index contributed by atoms with van der Waals surface area (Å²) in [5.74, 6) is 0.135. The molecule has 0 fully saturated rings. The second-order valence-electron chi connectivity index (χ2n) is 4.82. The Morgan fingerprint density at radius 1 is 1.29 bits per heavy atom. The van der Waals surface area contributed by atoms with Gasteiger partial charge in [0, 0.05) is 28.8 Å². The maximum absolute atomic E-state index is 11.5. The highest BCUT2D eigenvalue weighted by molar-refractivity contribution is 5.91. The molecule has 0 aliphatic heterocycles. The Hall–Kier alpha value is -2.89. The molecule has 0 aliphatic rings. The SMILES string of the molecule is Cc1cc(=O)oc2c(C)c(O)c(-c3ccnc(N)n3)cc12. The molecule has 2 heterocycles. The number of hydrogen-bond donors (Lipinski definition) is 2. The summed E-state index contributed by atoms with van der Waals surface area (Å²) in [5.41, 5.74) is 7.80. The van der Waals surface area contributed by atoms with Crippen LogP contribution in [-0.4, -0.2) is 15.1 Å². The number of phenolic OH excluding ortho intramolecular Hbond substituents is 1. The minimum absolute atomic E-state index is 0.00866. The topological polar surface area (TPSA) is 102 Å². The van der Waals surface area contributed by atoms with Crippen molar-refractivity contribution in [2.75, 3.05) is 5.73 Å². The standard InChI is InChI=1S/C15H13N3O3/c1-7-5-12(19)21-14-8(2)13(20)10(6-9(7)14)11-3-4-17-15(16)18-11/h3-6,20H,1-2H3,(H2,16,17,18). The zero-order chi connectivity index (χ0) is 15.1. The zero-order valence-corrected chi connectivity index (χ0v) is 11.5. The molecule has 0 amide bonds. The number of fused-ring (bicyclic) bond motifs is 1. The van der Waals surface area contributed by atoms with Crippen molar-refractivity contribution < 1.29 is 9.52 Å². The molecular weight excluding hydrogens is 270 g/mol. The zero-order valence-electron chi connectivity index (χ0n) is 11.5. The molecule has 0 radical (unpaired) electrons. The largest absolute Gasteiger partial charge is 0.507 e. The van der Waals surface area contributed by atoms with Crippen LogP contribution in [0.15, 0.2) is 33.6 Å². The number of nitrogens with two attached hydrogens (primary N) is 1. The number of anilines is 1. The van der Waals surface area contributed by atoms with Gasteiger partial charge in [-0.15, -0.1) is 0 Å². The van der Waals surface area contributed by atoms with E-state index < -0.39 is 5.63 Å². The van der Waals surface area contributed by atoms with E-state index in [2.05, 4.69) is 9.97 Å². The minimum Gasteiger partial charge on any atom is -0.507 e. The number of benzene rings is 1. The average molecular weight is 283 g/mol. The van der Waals surface area contributed by atoms with Crippen molar-refractivity contribution in [1.82, 2.24) is 9.97 Å². The fourth-order valence-electron chi connectivity index (χ4n) is 2.32. The first-order valence-corrected chi connectivity index (χ1v) is 6.33. The number of aromatic nitrogens is 2. The number of nitrogens with zero attached hydrogens (tertiary/aromatic N) is 2. The van der Waals surface area contributed by atoms with Crippen molar-refractivity contribution in [1.29, 1.82) is 0 Å². The van der Waals surface area contributed by atoms with Gasteiger partial charge in [0.1, 0.15) is 11.3 Å². The van der Waals surface area contributed by atoms with Gasteiger partial charge in [-0.1, -0.05) is 0 Å². The molecule has 3 rings (SSSR count). The van der Waals surface area contributed by atoms with Crippen LogP contribution in [0.5, 0.6) is 5.75 Å². The summed E-state index contributed by atoms with van der Waals surface area (Å²) in [4.78, 5) is 19.4. The Kier molecular flexibility index (Phi) is 2.86. The molecule has 2 aromatic heterocycles. The van der Waals surface area contributed by atoms with Crippen molar-refractivity contribution in [2.45, 2.75) is 13.8 Å². The Morgan fingerprint density at radius 3 is 2.76 bits per heavy atom. The second-order valence-corrected chi connectivity index (χ2v) is 4.82. The Balaban J connectivity index is 2.40. The lowest BCUT2D eigenvalue weighted by molar-refractivity contribution is 0.470. The molecule has 106 valence electrons. The molecule has 0 saturated heterocycles. The molecule has 0 saturated carbocycles. The van der Waals surface area contributed by atoms with Gasteiger partial charge in [-0.05, 0) is 31.5 Å². The van der Waals surface area contributed by atoms with Gasteiger partial charge in [0.05, 0.1) is 5.69 Å². The predicted molar refractivity (Wildman–Crippen MR) is 79.1 cm³/mol. The van der Waals surface area contributed by atoms with Gasteiger partial charge in [0.15, 0.2) is 0 Å². The van der Waals surface area contributed by atoms with Crippen molar-refractivity contribution in [3.63, 3.8) is 0 Å². The lowest BCUT2D eigenvalue weighted by Crippen LogP contribution is -2.00. The summed E-state index contributed by atoms with van der Waals surface area (Å²) in [6, 6.07) is 4.81. The molecule has 3 N–H and O–H groups in total. The fourth-order valence-corrected chi connectivity index (χ4v) is 2.32. The van der Waals surface area contributed by atoms with Crippen LogP contribution in [0.25, 0.3) is 22.2 Å². The molecule has 0 atom stereocenters. The van der Waals surface area contributed by atoms with Gasteiger partial charge in [-0.25, -0.2) is 14.8 Å². The number of aryl methyl sites for hydroxylation is 2. The first-order valence-electron chi connectivity index (χ1n) is 6.33. The fraction of sp³-hybridized carbons (Fsp3) is 0.133. The van der Waals surface area contributed by atoms with Crippen LogP contribution in [0.1, 0.15) is 11.1 Å². The van der Waals surface area contributed by atoms with Crippen LogP contribution in [0.2, 0.25) is 0 Å². The molecule has 1 aromatic carbocycles.